The molecule has 3 aromatic rings. The van der Waals surface area contributed by atoms with Gasteiger partial charge in [-0.05, 0) is 36.4 Å². The van der Waals surface area contributed by atoms with E-state index in [4.69, 9.17) is 4.74 Å². The van der Waals surface area contributed by atoms with Gasteiger partial charge in [-0.1, -0.05) is 0 Å². The number of hydrogen-bond acceptors (Lipinski definition) is 4. The number of carbonyl (C=O) groups is 1. The van der Waals surface area contributed by atoms with E-state index in [-0.39, 0.29) is 17.2 Å². The van der Waals surface area contributed by atoms with E-state index < -0.39 is 23.3 Å². The first-order valence-corrected chi connectivity index (χ1v) is 8.83. The highest BCUT2D eigenvalue weighted by atomic mass is 19.1. The number of amides is 1. The van der Waals surface area contributed by atoms with E-state index in [0.29, 0.717) is 22.9 Å². The van der Waals surface area contributed by atoms with Crippen LogP contribution in [0.5, 0.6) is 11.5 Å². The largest absolute Gasteiger partial charge is 0.465 e. The zero-order valence-electron chi connectivity index (χ0n) is 16.4. The highest BCUT2D eigenvalue weighted by Crippen LogP contribution is 2.37. The first-order valence-electron chi connectivity index (χ1n) is 8.83. The van der Waals surface area contributed by atoms with Crippen LogP contribution in [0.15, 0.2) is 53.5 Å². The number of carboxylic acid groups (broad SMARTS) is 1. The molecule has 7 nitrogen and oxygen atoms in total. The van der Waals surface area contributed by atoms with Crippen molar-refractivity contribution >= 4 is 17.5 Å². The molecule has 1 aromatic heterocycles. The van der Waals surface area contributed by atoms with Gasteiger partial charge in [0.2, 0.25) is 0 Å². The lowest BCUT2D eigenvalue weighted by Gasteiger charge is -2.18. The van der Waals surface area contributed by atoms with Crippen molar-refractivity contribution in [2.45, 2.75) is 0 Å². The lowest BCUT2D eigenvalue weighted by Crippen LogP contribution is -2.32. The molecule has 0 fully saturated rings. The molecule has 2 N–H and O–H groups in total. The Bertz CT molecular complexity index is 1180. The van der Waals surface area contributed by atoms with Gasteiger partial charge in [-0.2, -0.15) is 0 Å². The van der Waals surface area contributed by atoms with Crippen LogP contribution in [-0.2, 0) is 7.05 Å². The fraction of sp³-hybridized carbons (Fsp3) is 0.143. The van der Waals surface area contributed by atoms with Crippen molar-refractivity contribution in [3.63, 3.8) is 0 Å². The predicted octanol–water partition coefficient (Wildman–Crippen LogP) is 4.28. The molecule has 0 aliphatic rings. The van der Waals surface area contributed by atoms with Crippen LogP contribution in [0, 0.1) is 11.6 Å². The van der Waals surface area contributed by atoms with Crippen LogP contribution in [0.25, 0.3) is 11.1 Å². The number of ether oxygens (including phenoxy) is 1. The maximum Gasteiger partial charge on any atom is 0.411 e. The molecular formula is C21H19F2N3O4. The van der Waals surface area contributed by atoms with Crippen molar-refractivity contribution < 1.29 is 23.4 Å². The van der Waals surface area contributed by atoms with E-state index in [9.17, 15) is 23.5 Å². The minimum absolute atomic E-state index is 0.0590. The minimum atomic E-state index is -1.29. The zero-order chi connectivity index (χ0) is 22.0. The van der Waals surface area contributed by atoms with Gasteiger partial charge in [-0.25, -0.2) is 13.6 Å². The summed E-state index contributed by atoms with van der Waals surface area (Å²) in [5, 5.41) is 12.2. The Labute approximate surface area is 170 Å². The average Bonchev–Trinajstić information content (AvgIpc) is 2.71. The molecule has 1 amide bonds. The summed E-state index contributed by atoms with van der Waals surface area (Å²) in [4.78, 5) is 24.6. The topological polar surface area (TPSA) is 83.8 Å². The summed E-state index contributed by atoms with van der Waals surface area (Å²) in [6, 6.07) is 9.38. The SMILES string of the molecule is CNc1ccc(Oc2ccc(F)cc2F)c(-c2cc(N(C)C(=O)O)c(=O)n(C)c2)c1. The summed E-state index contributed by atoms with van der Waals surface area (Å²) >= 11 is 0. The normalized spacial score (nSPS) is 10.6. The molecule has 0 spiro atoms. The van der Waals surface area contributed by atoms with Gasteiger partial charge in [0.05, 0.1) is 0 Å². The molecule has 3 rings (SSSR count). The van der Waals surface area contributed by atoms with E-state index in [1.54, 1.807) is 25.2 Å². The summed E-state index contributed by atoms with van der Waals surface area (Å²) in [5.74, 6) is -1.54. The third-order valence-corrected chi connectivity index (χ3v) is 4.51. The Hall–Kier alpha value is -3.88. The number of rotatable bonds is 5. The van der Waals surface area contributed by atoms with Crippen molar-refractivity contribution in [2.24, 2.45) is 7.05 Å². The summed E-state index contributed by atoms with van der Waals surface area (Å²) < 4.78 is 34.2. The van der Waals surface area contributed by atoms with Gasteiger partial charge in [-0.3, -0.25) is 9.69 Å². The molecular weight excluding hydrogens is 396 g/mol. The van der Waals surface area contributed by atoms with Gasteiger partial charge in [0.1, 0.15) is 17.3 Å². The van der Waals surface area contributed by atoms with Gasteiger partial charge in [0, 0.05) is 50.2 Å². The van der Waals surface area contributed by atoms with E-state index >= 15 is 0 Å². The smallest absolute Gasteiger partial charge is 0.411 e. The van der Waals surface area contributed by atoms with Gasteiger partial charge in [0.25, 0.3) is 5.56 Å². The monoisotopic (exact) mass is 415 g/mol. The molecule has 0 aliphatic heterocycles. The number of nitrogens with zero attached hydrogens (tertiary/aromatic N) is 2. The van der Waals surface area contributed by atoms with Gasteiger partial charge in [0.15, 0.2) is 11.6 Å². The van der Waals surface area contributed by atoms with E-state index in [1.807, 2.05) is 0 Å². The van der Waals surface area contributed by atoms with E-state index in [1.165, 1.54) is 37.0 Å². The van der Waals surface area contributed by atoms with Crippen molar-refractivity contribution in [2.75, 3.05) is 24.3 Å². The van der Waals surface area contributed by atoms with Crippen molar-refractivity contribution in [3.8, 4) is 22.6 Å². The molecule has 9 heteroatoms. The molecule has 1 heterocycles. The van der Waals surface area contributed by atoms with Crippen LogP contribution in [0.3, 0.4) is 0 Å². The van der Waals surface area contributed by atoms with Crippen molar-refractivity contribution in [3.05, 3.63) is 70.6 Å². The number of nitrogens with one attached hydrogen (secondary N) is 1. The van der Waals surface area contributed by atoms with Crippen molar-refractivity contribution in [1.29, 1.82) is 0 Å². The average molecular weight is 415 g/mol. The Balaban J connectivity index is 2.17. The Kier molecular flexibility index (Phi) is 5.72. The fourth-order valence-electron chi connectivity index (χ4n) is 2.86. The minimum Gasteiger partial charge on any atom is -0.465 e. The molecule has 0 bridgehead atoms. The number of anilines is 2. The molecule has 0 atom stereocenters. The third-order valence-electron chi connectivity index (χ3n) is 4.51. The molecule has 0 saturated heterocycles. The number of pyridine rings is 1. The Morgan fingerprint density at radius 2 is 1.83 bits per heavy atom. The number of benzene rings is 2. The van der Waals surface area contributed by atoms with E-state index in [0.717, 1.165) is 11.0 Å². The summed E-state index contributed by atoms with van der Waals surface area (Å²) in [6.45, 7) is 0. The second-order valence-electron chi connectivity index (χ2n) is 6.51. The molecule has 0 radical (unpaired) electrons. The zero-order valence-corrected chi connectivity index (χ0v) is 16.4. The second-order valence-corrected chi connectivity index (χ2v) is 6.51. The number of aromatic nitrogens is 1. The number of halogens is 2. The first-order chi connectivity index (χ1) is 14.2. The quantitative estimate of drug-likeness (QED) is 0.650. The van der Waals surface area contributed by atoms with Crippen LogP contribution in [0.4, 0.5) is 25.0 Å². The Morgan fingerprint density at radius 1 is 1.13 bits per heavy atom. The predicted molar refractivity (Wildman–Crippen MR) is 110 cm³/mol. The lowest BCUT2D eigenvalue weighted by molar-refractivity contribution is 0.203. The Morgan fingerprint density at radius 3 is 2.47 bits per heavy atom. The van der Waals surface area contributed by atoms with Gasteiger partial charge in [-0.15, -0.1) is 0 Å². The fourth-order valence-corrected chi connectivity index (χ4v) is 2.86. The molecule has 30 heavy (non-hydrogen) atoms. The van der Waals surface area contributed by atoms with Gasteiger partial charge >= 0.3 is 6.09 Å². The van der Waals surface area contributed by atoms with Crippen LogP contribution in [-0.4, -0.2) is 29.9 Å². The molecule has 2 aromatic carbocycles. The maximum absolute atomic E-state index is 14.1. The standard InChI is InChI=1S/C21H19F2N3O4/c1-24-14-5-7-18(30-19-6-4-13(22)9-16(19)23)15(10-14)12-8-17(26(3)21(28)29)20(27)25(2)11-12/h4-11,24H,1-3H3,(H,28,29). The molecule has 0 aliphatic carbocycles. The van der Waals surface area contributed by atoms with Crippen LogP contribution >= 0.6 is 0 Å². The highest BCUT2D eigenvalue weighted by Gasteiger charge is 2.18. The maximum atomic E-state index is 14.1. The van der Waals surface area contributed by atoms with Crippen LogP contribution in [0.1, 0.15) is 0 Å². The third kappa shape index (κ3) is 4.09. The number of hydrogen-bond donors (Lipinski definition) is 2. The molecule has 0 unspecified atom stereocenters. The van der Waals surface area contributed by atoms with Crippen molar-refractivity contribution in [1.82, 2.24) is 4.57 Å². The molecule has 156 valence electrons. The number of aryl methyl sites for hydroxylation is 1. The van der Waals surface area contributed by atoms with E-state index in [2.05, 4.69) is 5.32 Å². The first kappa shape index (κ1) is 20.8. The van der Waals surface area contributed by atoms with Crippen LogP contribution < -0.4 is 20.5 Å². The lowest BCUT2D eigenvalue weighted by atomic mass is 10.0. The second kappa shape index (κ2) is 8.24. The summed E-state index contributed by atoms with van der Waals surface area (Å²) in [6.07, 6.45) is 0.225. The van der Waals surface area contributed by atoms with Crippen LogP contribution in [0.2, 0.25) is 0 Å². The summed E-state index contributed by atoms with van der Waals surface area (Å²) in [5.41, 5.74) is 1.09. The summed E-state index contributed by atoms with van der Waals surface area (Å²) in [7, 11) is 4.47. The molecule has 0 saturated carbocycles. The highest BCUT2D eigenvalue weighted by molar-refractivity contribution is 5.87. The van der Waals surface area contributed by atoms with Gasteiger partial charge < -0.3 is 19.7 Å².